The zero-order valence-electron chi connectivity index (χ0n) is 16.4. The summed E-state index contributed by atoms with van der Waals surface area (Å²) >= 11 is 0. The summed E-state index contributed by atoms with van der Waals surface area (Å²) in [5, 5.41) is 11.0. The molecule has 0 amide bonds. The summed E-state index contributed by atoms with van der Waals surface area (Å²) in [7, 11) is 3.24. The van der Waals surface area contributed by atoms with Crippen molar-refractivity contribution >= 4 is 5.97 Å². The van der Waals surface area contributed by atoms with Crippen molar-refractivity contribution in [1.82, 2.24) is 0 Å². The van der Waals surface area contributed by atoms with Gasteiger partial charge >= 0.3 is 5.97 Å². The van der Waals surface area contributed by atoms with Crippen LogP contribution in [-0.2, 0) is 9.53 Å². The number of hydrogen-bond acceptors (Lipinski definition) is 7. The minimum atomic E-state index is -0.954. The summed E-state index contributed by atoms with van der Waals surface area (Å²) in [4.78, 5) is 12.5. The summed E-state index contributed by atoms with van der Waals surface area (Å²) in [5.41, 5.74) is 3.40. The molecular formula is C22H22O7. The normalized spacial score (nSPS) is 26.6. The second kappa shape index (κ2) is 6.56. The van der Waals surface area contributed by atoms with E-state index in [1.54, 1.807) is 20.3 Å². The molecule has 2 aromatic rings. The van der Waals surface area contributed by atoms with Crippen LogP contribution in [0, 0.1) is 18.8 Å². The van der Waals surface area contributed by atoms with Gasteiger partial charge in [0.1, 0.15) is 11.5 Å². The van der Waals surface area contributed by atoms with Crippen LogP contribution in [0.2, 0.25) is 0 Å². The van der Waals surface area contributed by atoms with Crippen molar-refractivity contribution in [3.05, 3.63) is 46.5 Å². The number of methoxy groups -OCH3 is 2. The largest absolute Gasteiger partial charge is 0.496 e. The number of fused-ring (bicyclic) bond motifs is 3. The first-order valence-electron chi connectivity index (χ1n) is 9.54. The van der Waals surface area contributed by atoms with Crippen molar-refractivity contribution in [3.8, 4) is 23.0 Å². The van der Waals surface area contributed by atoms with Crippen LogP contribution >= 0.6 is 0 Å². The Labute approximate surface area is 168 Å². The first kappa shape index (κ1) is 18.1. The van der Waals surface area contributed by atoms with Crippen molar-refractivity contribution in [2.75, 3.05) is 27.6 Å². The van der Waals surface area contributed by atoms with E-state index in [1.807, 2.05) is 25.1 Å². The monoisotopic (exact) mass is 398 g/mol. The third-order valence-corrected chi connectivity index (χ3v) is 6.29. The Morgan fingerprint density at radius 2 is 1.59 bits per heavy atom. The number of aliphatic hydroxyl groups excluding tert-OH is 1. The summed E-state index contributed by atoms with van der Waals surface area (Å²) in [6.45, 7) is 2.32. The van der Waals surface area contributed by atoms with Gasteiger partial charge in [-0.05, 0) is 47.9 Å². The van der Waals surface area contributed by atoms with E-state index in [4.69, 9.17) is 23.7 Å². The smallest absolute Gasteiger partial charge is 0.312 e. The van der Waals surface area contributed by atoms with E-state index < -0.39 is 12.0 Å². The maximum Gasteiger partial charge on any atom is 0.312 e. The van der Waals surface area contributed by atoms with Crippen molar-refractivity contribution < 1.29 is 33.6 Å². The highest BCUT2D eigenvalue weighted by molar-refractivity contribution is 5.77. The lowest BCUT2D eigenvalue weighted by Crippen LogP contribution is -2.34. The molecule has 0 spiro atoms. The third-order valence-electron chi connectivity index (χ3n) is 6.29. The molecule has 5 rings (SSSR count). The van der Waals surface area contributed by atoms with Crippen molar-refractivity contribution in [1.29, 1.82) is 0 Å². The van der Waals surface area contributed by atoms with E-state index in [-0.39, 0.29) is 31.2 Å². The number of carbonyl (C=O) groups is 1. The molecular weight excluding hydrogens is 376 g/mol. The van der Waals surface area contributed by atoms with Gasteiger partial charge in [0.25, 0.3) is 0 Å². The molecule has 3 aliphatic rings. The molecule has 29 heavy (non-hydrogen) atoms. The van der Waals surface area contributed by atoms with Crippen molar-refractivity contribution in [2.24, 2.45) is 11.8 Å². The van der Waals surface area contributed by atoms with E-state index in [9.17, 15) is 9.90 Å². The lowest BCUT2D eigenvalue weighted by atomic mass is 9.66. The van der Waals surface area contributed by atoms with E-state index >= 15 is 0 Å². The van der Waals surface area contributed by atoms with E-state index in [1.165, 1.54) is 0 Å². The van der Waals surface area contributed by atoms with E-state index in [0.717, 1.165) is 16.7 Å². The fraction of sp³-hybridized carbons (Fsp3) is 0.409. The van der Waals surface area contributed by atoms with Gasteiger partial charge in [0.05, 0.1) is 32.8 Å². The summed E-state index contributed by atoms with van der Waals surface area (Å²) in [6, 6.07) is 7.62. The van der Waals surface area contributed by atoms with Gasteiger partial charge in [0, 0.05) is 17.4 Å². The summed E-state index contributed by atoms with van der Waals surface area (Å²) in [5.74, 6) is 1.21. The predicted octanol–water partition coefficient (Wildman–Crippen LogP) is 2.71. The average Bonchev–Trinajstić information content (AvgIpc) is 3.34. The standard InChI is InChI=1S/C22H22O7/c1-10-15(25-2)4-11(5-16(10)26-3)19-12-6-17-18(29-9-28-17)7-13(12)21(23)20-14(19)8-27-22(20)24/h4-7,14,19-21,23H,8-9H2,1-3H3. The maximum absolute atomic E-state index is 12.5. The molecule has 4 atom stereocenters. The average molecular weight is 398 g/mol. The molecule has 1 aliphatic carbocycles. The minimum absolute atomic E-state index is 0.139. The zero-order valence-corrected chi connectivity index (χ0v) is 16.4. The molecule has 2 heterocycles. The molecule has 7 nitrogen and oxygen atoms in total. The predicted molar refractivity (Wildman–Crippen MR) is 102 cm³/mol. The molecule has 152 valence electrons. The number of cyclic esters (lactones) is 1. The molecule has 0 aromatic heterocycles. The summed E-state index contributed by atoms with van der Waals surface area (Å²) < 4.78 is 27.6. The Morgan fingerprint density at radius 1 is 0.966 bits per heavy atom. The van der Waals surface area contributed by atoms with Crippen LogP contribution in [0.1, 0.15) is 34.3 Å². The van der Waals surface area contributed by atoms with Gasteiger partial charge in [-0.25, -0.2) is 0 Å². The number of esters is 1. The third kappa shape index (κ3) is 2.57. The molecule has 7 heteroatoms. The van der Waals surface area contributed by atoms with Gasteiger partial charge in [0.15, 0.2) is 11.5 Å². The zero-order chi connectivity index (χ0) is 20.3. The van der Waals surface area contributed by atoms with Gasteiger partial charge in [0.2, 0.25) is 6.79 Å². The molecule has 1 N–H and O–H groups in total. The van der Waals surface area contributed by atoms with Crippen LogP contribution in [0.3, 0.4) is 0 Å². The molecule has 0 bridgehead atoms. The van der Waals surface area contributed by atoms with Crippen LogP contribution in [-0.4, -0.2) is 38.7 Å². The Kier molecular flexibility index (Phi) is 4.10. The Balaban J connectivity index is 1.74. The van der Waals surface area contributed by atoms with Crippen LogP contribution in [0.15, 0.2) is 24.3 Å². The first-order valence-corrected chi connectivity index (χ1v) is 9.54. The van der Waals surface area contributed by atoms with Gasteiger partial charge in [-0.1, -0.05) is 0 Å². The minimum Gasteiger partial charge on any atom is -0.496 e. The molecule has 1 saturated heterocycles. The number of carbonyl (C=O) groups excluding carboxylic acids is 1. The Hall–Kier alpha value is -2.93. The molecule has 0 radical (unpaired) electrons. The fourth-order valence-corrected chi connectivity index (χ4v) is 4.86. The molecule has 2 aromatic carbocycles. The highest BCUT2D eigenvalue weighted by Crippen LogP contribution is 2.54. The van der Waals surface area contributed by atoms with Crippen molar-refractivity contribution in [2.45, 2.75) is 18.9 Å². The van der Waals surface area contributed by atoms with E-state index in [0.29, 0.717) is 28.6 Å². The quantitative estimate of drug-likeness (QED) is 0.796. The highest BCUT2D eigenvalue weighted by atomic mass is 16.7. The SMILES string of the molecule is COc1cc(C2c3cc4c(cc3C(O)C3C(=O)OCC23)OCO4)cc(OC)c1C. The molecule has 0 saturated carbocycles. The lowest BCUT2D eigenvalue weighted by molar-refractivity contribution is -0.144. The number of benzene rings is 2. The number of aliphatic hydroxyl groups is 1. The lowest BCUT2D eigenvalue weighted by Gasteiger charge is -2.37. The van der Waals surface area contributed by atoms with Crippen molar-refractivity contribution in [3.63, 3.8) is 0 Å². The van der Waals surface area contributed by atoms with Crippen LogP contribution < -0.4 is 18.9 Å². The number of ether oxygens (including phenoxy) is 5. The van der Waals surface area contributed by atoms with Crippen LogP contribution in [0.4, 0.5) is 0 Å². The van der Waals surface area contributed by atoms with Crippen LogP contribution in [0.25, 0.3) is 0 Å². The Morgan fingerprint density at radius 3 is 2.21 bits per heavy atom. The van der Waals surface area contributed by atoms with E-state index in [2.05, 4.69) is 0 Å². The molecule has 2 aliphatic heterocycles. The highest BCUT2D eigenvalue weighted by Gasteiger charge is 2.52. The number of hydrogen-bond donors (Lipinski definition) is 1. The second-order valence-corrected chi connectivity index (χ2v) is 7.63. The second-order valence-electron chi connectivity index (χ2n) is 7.63. The van der Waals surface area contributed by atoms with Gasteiger partial charge < -0.3 is 28.8 Å². The van der Waals surface area contributed by atoms with Gasteiger partial charge in [-0.15, -0.1) is 0 Å². The first-order chi connectivity index (χ1) is 14.0. The summed E-state index contributed by atoms with van der Waals surface area (Å²) in [6.07, 6.45) is -0.954. The molecule has 1 fully saturated rings. The number of rotatable bonds is 3. The molecule has 4 unspecified atom stereocenters. The fourth-order valence-electron chi connectivity index (χ4n) is 4.86. The van der Waals surface area contributed by atoms with Gasteiger partial charge in [-0.2, -0.15) is 0 Å². The Bertz CT molecular complexity index is 974. The van der Waals surface area contributed by atoms with Gasteiger partial charge in [-0.3, -0.25) is 4.79 Å². The topological polar surface area (TPSA) is 83.5 Å². The van der Waals surface area contributed by atoms with Crippen LogP contribution in [0.5, 0.6) is 23.0 Å². The maximum atomic E-state index is 12.5.